The first-order valence-corrected chi connectivity index (χ1v) is 3.90. The average Bonchev–Trinajstić information content (AvgIpc) is 2.04. The predicted octanol–water partition coefficient (Wildman–Crippen LogP) is 2.16. The molecule has 0 heterocycles. The van der Waals surface area contributed by atoms with Gasteiger partial charge in [-0.25, -0.2) is 0 Å². The quantitative estimate of drug-likeness (QED) is 0.394. The highest BCUT2D eigenvalue weighted by atomic mass is 32.1. The summed E-state index contributed by atoms with van der Waals surface area (Å²) in [6, 6.07) is 5.11. The normalized spacial score (nSPS) is 9.08. The maximum absolute atomic E-state index is 10.9. The molecule has 1 aromatic carbocycles. The summed E-state index contributed by atoms with van der Waals surface area (Å²) in [6.07, 6.45) is 5.19. The second kappa shape index (κ2) is 3.46. The molecular formula is C10H8OS. The largest absolute Gasteiger partial charge is 0.295 e. The Hall–Kier alpha value is -1.20. The van der Waals surface area contributed by atoms with E-state index < -0.39 is 0 Å². The van der Waals surface area contributed by atoms with Crippen molar-refractivity contribution in [2.75, 3.05) is 0 Å². The third-order valence-corrected chi connectivity index (χ3v) is 1.93. The SMILES string of the molecule is C#Cc1ccc(C(C)=O)cc1S. The Balaban J connectivity index is 3.21. The van der Waals surface area contributed by atoms with Gasteiger partial charge in [-0.1, -0.05) is 12.0 Å². The number of carbonyl (C=O) groups excluding carboxylic acids is 1. The number of thiol groups is 1. The van der Waals surface area contributed by atoms with E-state index in [1.807, 2.05) is 0 Å². The summed E-state index contributed by atoms with van der Waals surface area (Å²) in [5.74, 6) is 2.50. The van der Waals surface area contributed by atoms with E-state index in [-0.39, 0.29) is 5.78 Å². The number of carbonyl (C=O) groups is 1. The van der Waals surface area contributed by atoms with Gasteiger partial charge < -0.3 is 0 Å². The van der Waals surface area contributed by atoms with Crippen LogP contribution in [-0.2, 0) is 0 Å². The van der Waals surface area contributed by atoms with Crippen molar-refractivity contribution in [3.63, 3.8) is 0 Å². The van der Waals surface area contributed by atoms with Crippen molar-refractivity contribution in [2.24, 2.45) is 0 Å². The molecule has 0 saturated carbocycles. The van der Waals surface area contributed by atoms with E-state index in [2.05, 4.69) is 18.5 Å². The Bertz CT molecular complexity index is 361. The van der Waals surface area contributed by atoms with Gasteiger partial charge in [-0.2, -0.15) is 0 Å². The second-order valence-corrected chi connectivity index (χ2v) is 2.91. The minimum Gasteiger partial charge on any atom is -0.295 e. The molecule has 0 unspecified atom stereocenters. The van der Waals surface area contributed by atoms with Crippen molar-refractivity contribution in [1.29, 1.82) is 0 Å². The summed E-state index contributed by atoms with van der Waals surface area (Å²) in [7, 11) is 0. The van der Waals surface area contributed by atoms with Crippen LogP contribution in [0.25, 0.3) is 0 Å². The highest BCUT2D eigenvalue weighted by molar-refractivity contribution is 7.80. The second-order valence-electron chi connectivity index (χ2n) is 2.43. The van der Waals surface area contributed by atoms with E-state index in [1.165, 1.54) is 6.92 Å². The van der Waals surface area contributed by atoms with Crippen molar-refractivity contribution in [3.8, 4) is 12.3 Å². The summed E-state index contributed by atoms with van der Waals surface area (Å²) in [6.45, 7) is 1.51. The molecule has 0 saturated heterocycles. The molecule has 0 fully saturated rings. The van der Waals surface area contributed by atoms with Gasteiger partial charge in [0, 0.05) is 16.0 Å². The standard InChI is InChI=1S/C10H8OS/c1-3-8-4-5-9(7(2)11)6-10(8)12/h1,4-6,12H,2H3. The van der Waals surface area contributed by atoms with Gasteiger partial charge in [0.2, 0.25) is 0 Å². The first kappa shape index (κ1) is 8.89. The Morgan fingerprint density at radius 3 is 2.67 bits per heavy atom. The predicted molar refractivity (Wildman–Crippen MR) is 51.6 cm³/mol. The molecule has 1 aromatic rings. The van der Waals surface area contributed by atoms with Crippen LogP contribution in [0.1, 0.15) is 22.8 Å². The topological polar surface area (TPSA) is 17.1 Å². The number of hydrogen-bond donors (Lipinski definition) is 1. The minimum atomic E-state index is 0.0221. The van der Waals surface area contributed by atoms with Gasteiger partial charge in [-0.3, -0.25) is 4.79 Å². The fourth-order valence-corrected chi connectivity index (χ4v) is 1.15. The molecule has 0 atom stereocenters. The van der Waals surface area contributed by atoms with Crippen molar-refractivity contribution < 1.29 is 4.79 Å². The number of rotatable bonds is 1. The van der Waals surface area contributed by atoms with Gasteiger partial charge in [0.15, 0.2) is 5.78 Å². The lowest BCUT2D eigenvalue weighted by atomic mass is 10.1. The van der Waals surface area contributed by atoms with E-state index in [4.69, 9.17) is 6.42 Å². The van der Waals surface area contributed by atoms with Gasteiger partial charge in [0.25, 0.3) is 0 Å². The average molecular weight is 176 g/mol. The Morgan fingerprint density at radius 1 is 1.58 bits per heavy atom. The maximum Gasteiger partial charge on any atom is 0.159 e. The molecule has 0 aliphatic rings. The minimum absolute atomic E-state index is 0.0221. The summed E-state index contributed by atoms with van der Waals surface area (Å²) in [5.41, 5.74) is 1.35. The fraction of sp³-hybridized carbons (Fsp3) is 0.100. The first-order valence-electron chi connectivity index (χ1n) is 3.45. The molecule has 0 spiro atoms. The van der Waals surface area contributed by atoms with Crippen molar-refractivity contribution in [3.05, 3.63) is 29.3 Å². The number of benzene rings is 1. The summed E-state index contributed by atoms with van der Waals surface area (Å²) in [5, 5.41) is 0. The molecular weight excluding hydrogens is 168 g/mol. The van der Waals surface area contributed by atoms with Crippen molar-refractivity contribution >= 4 is 18.4 Å². The molecule has 1 nitrogen and oxygen atoms in total. The number of Topliss-reactive ketones (excluding diaryl/α,β-unsaturated/α-hetero) is 1. The van der Waals surface area contributed by atoms with Crippen LogP contribution in [-0.4, -0.2) is 5.78 Å². The summed E-state index contributed by atoms with van der Waals surface area (Å²) >= 11 is 4.15. The van der Waals surface area contributed by atoms with E-state index in [0.717, 1.165) is 0 Å². The lowest BCUT2D eigenvalue weighted by molar-refractivity contribution is 0.101. The zero-order valence-electron chi connectivity index (χ0n) is 6.66. The molecule has 0 aromatic heterocycles. The van der Waals surface area contributed by atoms with Crippen molar-refractivity contribution in [1.82, 2.24) is 0 Å². The summed E-state index contributed by atoms with van der Waals surface area (Å²) < 4.78 is 0. The van der Waals surface area contributed by atoms with Crippen LogP contribution < -0.4 is 0 Å². The van der Waals surface area contributed by atoms with Crippen LogP contribution >= 0.6 is 12.6 Å². The van der Waals surface area contributed by atoms with Crippen LogP contribution in [0.2, 0.25) is 0 Å². The van der Waals surface area contributed by atoms with Gasteiger partial charge in [-0.15, -0.1) is 19.1 Å². The molecule has 0 N–H and O–H groups in total. The van der Waals surface area contributed by atoms with Gasteiger partial charge in [0.05, 0.1) is 0 Å². The molecule has 60 valence electrons. The van der Waals surface area contributed by atoms with E-state index in [0.29, 0.717) is 16.0 Å². The zero-order valence-corrected chi connectivity index (χ0v) is 7.56. The van der Waals surface area contributed by atoms with Crippen LogP contribution in [0.15, 0.2) is 23.1 Å². The zero-order chi connectivity index (χ0) is 9.14. The number of terminal acetylenes is 1. The van der Waals surface area contributed by atoms with Gasteiger partial charge in [0.1, 0.15) is 0 Å². The van der Waals surface area contributed by atoms with E-state index >= 15 is 0 Å². The smallest absolute Gasteiger partial charge is 0.159 e. The third kappa shape index (κ3) is 1.69. The van der Waals surface area contributed by atoms with Gasteiger partial charge >= 0.3 is 0 Å². The number of ketones is 1. The molecule has 1 rings (SSSR count). The van der Waals surface area contributed by atoms with Crippen LogP contribution in [0.4, 0.5) is 0 Å². The molecule has 2 heteroatoms. The first-order chi connectivity index (χ1) is 5.65. The molecule has 0 aliphatic heterocycles. The monoisotopic (exact) mass is 176 g/mol. The Labute approximate surface area is 77.2 Å². The molecule has 0 aliphatic carbocycles. The molecule has 0 bridgehead atoms. The van der Waals surface area contributed by atoms with Crippen LogP contribution in [0.5, 0.6) is 0 Å². The lowest BCUT2D eigenvalue weighted by Gasteiger charge is -1.99. The molecule has 0 radical (unpaired) electrons. The lowest BCUT2D eigenvalue weighted by Crippen LogP contribution is -1.92. The maximum atomic E-state index is 10.9. The van der Waals surface area contributed by atoms with Crippen LogP contribution in [0.3, 0.4) is 0 Å². The Kier molecular flexibility index (Phi) is 2.57. The highest BCUT2D eigenvalue weighted by Gasteiger charge is 2.01. The van der Waals surface area contributed by atoms with E-state index in [1.54, 1.807) is 18.2 Å². The fourth-order valence-electron chi connectivity index (χ4n) is 0.873. The summed E-state index contributed by atoms with van der Waals surface area (Å²) in [4.78, 5) is 11.6. The number of hydrogen-bond acceptors (Lipinski definition) is 2. The molecule has 12 heavy (non-hydrogen) atoms. The van der Waals surface area contributed by atoms with Crippen LogP contribution in [0, 0.1) is 12.3 Å². The van der Waals surface area contributed by atoms with Crippen molar-refractivity contribution in [2.45, 2.75) is 11.8 Å². The van der Waals surface area contributed by atoms with Gasteiger partial charge in [-0.05, 0) is 19.1 Å². The van der Waals surface area contributed by atoms with E-state index in [9.17, 15) is 4.79 Å². The molecule has 0 amide bonds. The third-order valence-electron chi connectivity index (χ3n) is 1.56. The highest BCUT2D eigenvalue weighted by Crippen LogP contribution is 2.15. The Morgan fingerprint density at radius 2 is 2.25 bits per heavy atom.